The van der Waals surface area contributed by atoms with E-state index in [1.807, 2.05) is 4.57 Å². The first-order valence-corrected chi connectivity index (χ1v) is 8.37. The van der Waals surface area contributed by atoms with Gasteiger partial charge in [-0.25, -0.2) is 4.98 Å². The van der Waals surface area contributed by atoms with Crippen LogP contribution in [0.2, 0.25) is 0 Å². The number of thiazole rings is 1. The molecule has 0 saturated carbocycles. The molecule has 0 aliphatic carbocycles. The smallest absolute Gasteiger partial charge is 0.195 e. The fourth-order valence-corrected chi connectivity index (χ4v) is 3.88. The van der Waals surface area contributed by atoms with E-state index < -0.39 is 0 Å². The van der Waals surface area contributed by atoms with Gasteiger partial charge in [0.1, 0.15) is 5.69 Å². The van der Waals surface area contributed by atoms with Gasteiger partial charge in [-0.2, -0.15) is 5.10 Å². The molecule has 1 fully saturated rings. The summed E-state index contributed by atoms with van der Waals surface area (Å²) in [5.74, 6) is 0.838. The van der Waals surface area contributed by atoms with Crippen molar-refractivity contribution in [3.63, 3.8) is 0 Å². The topological polar surface area (TPSA) is 49.7 Å². The largest absolute Gasteiger partial charge is 0.345 e. The van der Waals surface area contributed by atoms with Gasteiger partial charge in [0.25, 0.3) is 0 Å². The normalized spacial score (nSPS) is 19.5. The number of hydrogen-bond acceptors (Lipinski definition) is 5. The first-order chi connectivity index (χ1) is 9.70. The maximum atomic E-state index is 5.23. The molecular weight excluding hydrogens is 290 g/mol. The van der Waals surface area contributed by atoms with Crippen LogP contribution in [-0.4, -0.2) is 32.3 Å². The van der Waals surface area contributed by atoms with Crippen LogP contribution >= 0.6 is 23.6 Å². The van der Waals surface area contributed by atoms with Gasteiger partial charge in [0.15, 0.2) is 15.7 Å². The minimum atomic E-state index is 0.578. The molecule has 0 aromatic carbocycles. The maximum absolute atomic E-state index is 5.23. The van der Waals surface area contributed by atoms with Crippen LogP contribution in [0.3, 0.4) is 0 Å². The van der Waals surface area contributed by atoms with Crippen LogP contribution in [0.5, 0.6) is 0 Å². The predicted molar refractivity (Wildman–Crippen MR) is 84.9 cm³/mol. The molecule has 0 bridgehead atoms. The maximum Gasteiger partial charge on any atom is 0.195 e. The molecule has 1 unspecified atom stereocenters. The second kappa shape index (κ2) is 5.65. The molecule has 7 heteroatoms. The lowest BCUT2D eigenvalue weighted by Crippen LogP contribution is -2.37. The number of nitrogens with one attached hydrogen (secondary N) is 1. The van der Waals surface area contributed by atoms with E-state index in [4.69, 9.17) is 17.2 Å². The summed E-state index contributed by atoms with van der Waals surface area (Å²) >= 11 is 6.93. The molecule has 3 heterocycles. The molecule has 0 radical (unpaired) electrons. The highest BCUT2D eigenvalue weighted by atomic mass is 32.1. The summed E-state index contributed by atoms with van der Waals surface area (Å²) in [7, 11) is 0. The Balaban J connectivity index is 1.91. The van der Waals surface area contributed by atoms with Crippen LogP contribution < -0.4 is 4.90 Å². The predicted octanol–water partition coefficient (Wildman–Crippen LogP) is 3.46. The molecule has 2 aromatic rings. The van der Waals surface area contributed by atoms with Crippen molar-refractivity contribution in [1.29, 1.82) is 0 Å². The van der Waals surface area contributed by atoms with Gasteiger partial charge in [-0.15, -0.1) is 11.3 Å². The van der Waals surface area contributed by atoms with E-state index in [-0.39, 0.29) is 0 Å². The number of aromatic amines is 1. The van der Waals surface area contributed by atoms with Crippen molar-refractivity contribution in [3.05, 3.63) is 10.2 Å². The third kappa shape index (κ3) is 2.40. The minimum absolute atomic E-state index is 0.578. The Morgan fingerprint density at radius 3 is 3.10 bits per heavy atom. The van der Waals surface area contributed by atoms with Gasteiger partial charge in [0.05, 0.1) is 0 Å². The van der Waals surface area contributed by atoms with E-state index in [2.05, 4.69) is 34.3 Å². The quantitative estimate of drug-likeness (QED) is 0.882. The van der Waals surface area contributed by atoms with Crippen LogP contribution in [0.1, 0.15) is 33.1 Å². The van der Waals surface area contributed by atoms with Crippen molar-refractivity contribution < 1.29 is 0 Å². The van der Waals surface area contributed by atoms with E-state index in [1.54, 1.807) is 11.3 Å². The molecule has 2 aromatic heterocycles. The molecule has 1 aliphatic heterocycles. The van der Waals surface area contributed by atoms with Gasteiger partial charge in [-0.1, -0.05) is 0 Å². The Labute approximate surface area is 127 Å². The van der Waals surface area contributed by atoms with E-state index >= 15 is 0 Å². The Morgan fingerprint density at radius 2 is 2.35 bits per heavy atom. The summed E-state index contributed by atoms with van der Waals surface area (Å²) in [6.07, 6.45) is 3.83. The summed E-state index contributed by atoms with van der Waals surface area (Å²) in [6, 6.07) is 0.578. The van der Waals surface area contributed by atoms with Crippen LogP contribution in [0.4, 0.5) is 5.13 Å². The first-order valence-electron chi connectivity index (χ1n) is 7.08. The lowest BCUT2D eigenvalue weighted by molar-refractivity contribution is 0.484. The Bertz CT molecular complexity index is 641. The average molecular weight is 309 g/mol. The van der Waals surface area contributed by atoms with E-state index in [9.17, 15) is 0 Å². The highest BCUT2D eigenvalue weighted by molar-refractivity contribution is 7.71. The molecule has 1 saturated heterocycles. The zero-order chi connectivity index (χ0) is 14.1. The Kier molecular flexibility index (Phi) is 3.89. The number of piperidine rings is 1. The molecule has 0 amide bonds. The Hall–Kier alpha value is -1.21. The molecule has 0 spiro atoms. The van der Waals surface area contributed by atoms with Crippen molar-refractivity contribution in [3.8, 4) is 11.5 Å². The molecule has 108 valence electrons. The number of nitrogens with zero attached hydrogens (tertiary/aromatic N) is 4. The second-order valence-electron chi connectivity index (χ2n) is 5.15. The molecule has 3 rings (SSSR count). The molecule has 20 heavy (non-hydrogen) atoms. The minimum Gasteiger partial charge on any atom is -0.345 e. The summed E-state index contributed by atoms with van der Waals surface area (Å²) in [6.45, 7) is 6.25. The molecular formula is C13H19N5S2. The number of H-pyrrole nitrogens is 1. The van der Waals surface area contributed by atoms with E-state index in [0.29, 0.717) is 10.8 Å². The lowest BCUT2D eigenvalue weighted by Gasteiger charge is -2.33. The van der Waals surface area contributed by atoms with Gasteiger partial charge in [-0.05, 0) is 45.3 Å². The first kappa shape index (κ1) is 13.8. The fourth-order valence-electron chi connectivity index (χ4n) is 2.69. The number of rotatable bonds is 3. The van der Waals surface area contributed by atoms with Crippen molar-refractivity contribution in [1.82, 2.24) is 19.7 Å². The van der Waals surface area contributed by atoms with Crippen LogP contribution in [0.15, 0.2) is 5.38 Å². The summed E-state index contributed by atoms with van der Waals surface area (Å²) in [4.78, 5) is 7.18. The van der Waals surface area contributed by atoms with Gasteiger partial charge in [0, 0.05) is 24.5 Å². The van der Waals surface area contributed by atoms with Gasteiger partial charge >= 0.3 is 0 Å². The second-order valence-corrected chi connectivity index (χ2v) is 6.37. The van der Waals surface area contributed by atoms with Gasteiger partial charge in [0.2, 0.25) is 0 Å². The number of anilines is 1. The van der Waals surface area contributed by atoms with E-state index in [0.717, 1.165) is 29.7 Å². The zero-order valence-corrected chi connectivity index (χ0v) is 13.4. The third-order valence-electron chi connectivity index (χ3n) is 3.84. The monoisotopic (exact) mass is 309 g/mol. The third-order valence-corrected chi connectivity index (χ3v) is 5.03. The van der Waals surface area contributed by atoms with Crippen LogP contribution in [-0.2, 0) is 6.54 Å². The zero-order valence-electron chi connectivity index (χ0n) is 11.8. The highest BCUT2D eigenvalue weighted by Crippen LogP contribution is 2.30. The SMILES string of the molecule is CCn1c(-c2csc(N3CCCCC3C)n2)n[nH]c1=S. The number of aromatic nitrogens is 4. The van der Waals surface area contributed by atoms with Crippen LogP contribution in [0, 0.1) is 4.77 Å². The molecule has 5 nitrogen and oxygen atoms in total. The molecule has 1 N–H and O–H groups in total. The van der Waals surface area contributed by atoms with Crippen molar-refractivity contribution >= 4 is 28.7 Å². The Morgan fingerprint density at radius 1 is 1.50 bits per heavy atom. The molecule has 1 aliphatic rings. The van der Waals surface area contributed by atoms with Crippen molar-refractivity contribution in [2.75, 3.05) is 11.4 Å². The average Bonchev–Trinajstić information content (AvgIpc) is 3.05. The summed E-state index contributed by atoms with van der Waals surface area (Å²) in [5.41, 5.74) is 0.914. The fraction of sp³-hybridized carbons (Fsp3) is 0.615. The summed E-state index contributed by atoms with van der Waals surface area (Å²) in [5, 5.41) is 10.3. The lowest BCUT2D eigenvalue weighted by atomic mass is 10.1. The number of hydrogen-bond donors (Lipinski definition) is 1. The van der Waals surface area contributed by atoms with Crippen molar-refractivity contribution in [2.24, 2.45) is 0 Å². The van der Waals surface area contributed by atoms with Gasteiger partial charge in [-0.3, -0.25) is 9.67 Å². The molecule has 1 atom stereocenters. The van der Waals surface area contributed by atoms with Crippen molar-refractivity contribution in [2.45, 2.75) is 45.7 Å². The van der Waals surface area contributed by atoms with Gasteiger partial charge < -0.3 is 4.90 Å². The van der Waals surface area contributed by atoms with E-state index in [1.165, 1.54) is 19.3 Å². The highest BCUT2D eigenvalue weighted by Gasteiger charge is 2.22. The standard InChI is InChI=1S/C13H19N5S2/c1-3-17-11(15-16-12(17)19)10-8-20-13(14-10)18-7-5-4-6-9(18)2/h8-9H,3-7H2,1-2H3,(H,16,19). The van der Waals surface area contributed by atoms with Crippen LogP contribution in [0.25, 0.3) is 11.5 Å². The summed E-state index contributed by atoms with van der Waals surface area (Å²) < 4.78 is 2.64.